The molecule has 0 N–H and O–H groups in total. The fraction of sp³-hybridized carbons (Fsp3) is 0.421. The van der Waals surface area contributed by atoms with Gasteiger partial charge in [-0.15, -0.1) is 0 Å². The summed E-state index contributed by atoms with van der Waals surface area (Å²) in [5, 5.41) is 0.857. The van der Waals surface area contributed by atoms with Crippen molar-refractivity contribution >= 4 is 23.2 Å². The summed E-state index contributed by atoms with van der Waals surface area (Å²) in [4.78, 5) is 4.12. The zero-order chi connectivity index (χ0) is 15.5. The minimum atomic E-state index is 0.356. The Morgan fingerprint density at radius 1 is 1.00 bits per heavy atom. The Morgan fingerprint density at radius 3 is 2.27 bits per heavy atom. The van der Waals surface area contributed by atoms with Crippen LogP contribution < -0.4 is 0 Å². The summed E-state index contributed by atoms with van der Waals surface area (Å²) in [6.45, 7) is 2.31. The second-order valence-electron chi connectivity index (χ2n) is 6.24. The molecule has 0 radical (unpaired) electrons. The molecule has 1 aromatic carbocycles. The summed E-state index contributed by atoms with van der Waals surface area (Å²) < 4.78 is 0. The van der Waals surface area contributed by atoms with Crippen molar-refractivity contribution in [2.24, 2.45) is 5.92 Å². The number of aromatic nitrogens is 1. The van der Waals surface area contributed by atoms with E-state index in [1.54, 1.807) is 6.20 Å². The van der Waals surface area contributed by atoms with E-state index < -0.39 is 0 Å². The van der Waals surface area contributed by atoms with E-state index in [-0.39, 0.29) is 0 Å². The van der Waals surface area contributed by atoms with E-state index in [9.17, 15) is 0 Å². The van der Waals surface area contributed by atoms with E-state index in [0.717, 1.165) is 23.0 Å². The lowest BCUT2D eigenvalue weighted by Crippen LogP contribution is -2.12. The third kappa shape index (κ3) is 3.47. The number of pyridine rings is 1. The van der Waals surface area contributed by atoms with E-state index >= 15 is 0 Å². The van der Waals surface area contributed by atoms with Gasteiger partial charge in [0.1, 0.15) is 5.15 Å². The molecule has 0 bridgehead atoms. The van der Waals surface area contributed by atoms with Crippen LogP contribution in [0.4, 0.5) is 0 Å². The topological polar surface area (TPSA) is 12.9 Å². The Kier molecular flexibility index (Phi) is 5.05. The highest BCUT2D eigenvalue weighted by Crippen LogP contribution is 2.37. The molecule has 1 fully saturated rings. The van der Waals surface area contributed by atoms with Gasteiger partial charge in [0.05, 0.1) is 5.02 Å². The fourth-order valence-electron chi connectivity index (χ4n) is 3.43. The van der Waals surface area contributed by atoms with E-state index in [1.807, 2.05) is 6.07 Å². The second-order valence-corrected chi connectivity index (χ2v) is 7.01. The van der Waals surface area contributed by atoms with Crippen molar-refractivity contribution < 1.29 is 0 Å². The molecule has 3 rings (SSSR count). The first-order valence-corrected chi connectivity index (χ1v) is 8.84. The van der Waals surface area contributed by atoms with E-state index in [1.165, 1.54) is 37.7 Å². The van der Waals surface area contributed by atoms with Crippen LogP contribution in [0, 0.1) is 5.92 Å². The van der Waals surface area contributed by atoms with Crippen molar-refractivity contribution in [2.45, 2.75) is 44.9 Å². The minimum absolute atomic E-state index is 0.356. The molecule has 2 aromatic rings. The smallest absolute Gasteiger partial charge is 0.147 e. The molecule has 116 valence electrons. The fourth-order valence-corrected chi connectivity index (χ4v) is 3.70. The minimum Gasteiger partial charge on any atom is -0.242 e. The van der Waals surface area contributed by atoms with Crippen LogP contribution in [-0.4, -0.2) is 4.98 Å². The molecular formula is C19H21Cl2N. The molecule has 1 nitrogen and oxygen atoms in total. The second kappa shape index (κ2) is 7.02. The maximum absolute atomic E-state index is 6.05. The predicted octanol–water partition coefficient (Wildman–Crippen LogP) is 6.74. The Labute approximate surface area is 142 Å². The number of hydrogen-bond donors (Lipinski definition) is 0. The highest BCUT2D eigenvalue weighted by atomic mass is 35.5. The van der Waals surface area contributed by atoms with Gasteiger partial charge < -0.3 is 0 Å². The van der Waals surface area contributed by atoms with Crippen molar-refractivity contribution in [3.63, 3.8) is 0 Å². The zero-order valence-corrected chi connectivity index (χ0v) is 14.4. The lowest BCUT2D eigenvalue weighted by atomic mass is 9.78. The summed E-state index contributed by atoms with van der Waals surface area (Å²) in [5.41, 5.74) is 3.61. The monoisotopic (exact) mass is 333 g/mol. The molecular weight excluding hydrogens is 313 g/mol. The normalized spacial score (nSPS) is 21.8. The maximum atomic E-state index is 6.05. The molecule has 0 amide bonds. The van der Waals surface area contributed by atoms with Crippen LogP contribution in [0.25, 0.3) is 11.1 Å². The number of halogens is 2. The first kappa shape index (κ1) is 15.8. The Balaban J connectivity index is 1.74. The zero-order valence-electron chi connectivity index (χ0n) is 12.9. The summed E-state index contributed by atoms with van der Waals surface area (Å²) in [5.74, 6) is 1.67. The van der Waals surface area contributed by atoms with Crippen LogP contribution in [0.3, 0.4) is 0 Å². The largest absolute Gasteiger partial charge is 0.242 e. The maximum Gasteiger partial charge on any atom is 0.147 e. The average Bonchev–Trinajstić information content (AvgIpc) is 2.58. The van der Waals surface area contributed by atoms with Crippen LogP contribution in [0.2, 0.25) is 10.2 Å². The number of rotatable bonds is 3. The third-order valence-corrected chi connectivity index (χ3v) is 5.62. The van der Waals surface area contributed by atoms with Gasteiger partial charge in [-0.3, -0.25) is 0 Å². The lowest BCUT2D eigenvalue weighted by Gasteiger charge is -2.28. The Bertz CT molecular complexity index is 628. The first-order valence-electron chi connectivity index (χ1n) is 8.08. The molecule has 3 heteroatoms. The first-order chi connectivity index (χ1) is 10.7. The molecule has 1 aliphatic rings. The van der Waals surface area contributed by atoms with Gasteiger partial charge in [-0.25, -0.2) is 4.98 Å². The summed E-state index contributed by atoms with van der Waals surface area (Å²) >= 11 is 11.9. The van der Waals surface area contributed by atoms with Crippen LogP contribution in [0.15, 0.2) is 36.5 Å². The molecule has 0 atom stereocenters. The van der Waals surface area contributed by atoms with E-state index in [0.29, 0.717) is 10.2 Å². The Hall–Kier alpha value is -1.05. The van der Waals surface area contributed by atoms with Gasteiger partial charge >= 0.3 is 0 Å². The molecule has 1 aromatic heterocycles. The van der Waals surface area contributed by atoms with Crippen molar-refractivity contribution in [2.75, 3.05) is 0 Å². The van der Waals surface area contributed by atoms with Crippen LogP contribution in [0.5, 0.6) is 0 Å². The van der Waals surface area contributed by atoms with Gasteiger partial charge in [0.2, 0.25) is 0 Å². The summed E-state index contributed by atoms with van der Waals surface area (Å²) in [7, 11) is 0. The van der Waals surface area contributed by atoms with Gasteiger partial charge in [0, 0.05) is 11.8 Å². The van der Waals surface area contributed by atoms with Crippen molar-refractivity contribution in [3.8, 4) is 11.1 Å². The highest BCUT2D eigenvalue weighted by molar-refractivity contribution is 6.41. The van der Waals surface area contributed by atoms with Crippen LogP contribution in [-0.2, 0) is 0 Å². The van der Waals surface area contributed by atoms with E-state index in [2.05, 4.69) is 36.2 Å². The van der Waals surface area contributed by atoms with Gasteiger partial charge in [-0.05, 0) is 54.7 Å². The highest BCUT2D eigenvalue weighted by Gasteiger charge is 2.21. The predicted molar refractivity (Wildman–Crippen MR) is 94.7 cm³/mol. The van der Waals surface area contributed by atoms with Gasteiger partial charge in [0.25, 0.3) is 0 Å². The molecule has 0 aliphatic heterocycles. The molecule has 0 unspecified atom stereocenters. The molecule has 1 aliphatic carbocycles. The summed E-state index contributed by atoms with van der Waals surface area (Å²) in [6, 6.07) is 10.7. The molecule has 0 saturated heterocycles. The number of nitrogens with zero attached hydrogens (tertiary/aromatic N) is 1. The SMILES string of the molecule is CCC1CCC(c2ccc(-c3cnc(Cl)c(Cl)c3)cc2)CC1. The van der Waals surface area contributed by atoms with E-state index in [4.69, 9.17) is 23.2 Å². The number of hydrogen-bond acceptors (Lipinski definition) is 1. The van der Waals surface area contributed by atoms with Crippen molar-refractivity contribution in [1.82, 2.24) is 4.98 Å². The molecule has 22 heavy (non-hydrogen) atoms. The third-order valence-electron chi connectivity index (χ3n) is 4.94. The van der Waals surface area contributed by atoms with Gasteiger partial charge in [-0.1, -0.05) is 60.8 Å². The quantitative estimate of drug-likeness (QED) is 0.566. The number of benzene rings is 1. The molecule has 1 heterocycles. The Morgan fingerprint density at radius 2 is 1.68 bits per heavy atom. The van der Waals surface area contributed by atoms with Gasteiger partial charge in [0.15, 0.2) is 0 Å². The van der Waals surface area contributed by atoms with Crippen molar-refractivity contribution in [1.29, 1.82) is 0 Å². The van der Waals surface area contributed by atoms with Crippen molar-refractivity contribution in [3.05, 3.63) is 52.3 Å². The molecule has 1 saturated carbocycles. The average molecular weight is 334 g/mol. The van der Waals surface area contributed by atoms with Crippen LogP contribution in [0.1, 0.15) is 50.5 Å². The molecule has 0 spiro atoms. The standard InChI is InChI=1S/C19H21Cl2N/c1-2-13-3-5-14(6-4-13)15-7-9-16(10-8-15)17-11-18(20)19(21)22-12-17/h7-14H,2-6H2,1H3. The van der Waals surface area contributed by atoms with Crippen LogP contribution >= 0.6 is 23.2 Å². The van der Waals surface area contributed by atoms with Gasteiger partial charge in [-0.2, -0.15) is 0 Å². The lowest BCUT2D eigenvalue weighted by molar-refractivity contribution is 0.319. The summed E-state index contributed by atoms with van der Waals surface area (Å²) in [6.07, 6.45) is 8.50.